The van der Waals surface area contributed by atoms with Gasteiger partial charge in [-0.05, 0) is 50.2 Å². The van der Waals surface area contributed by atoms with Crippen LogP contribution in [-0.2, 0) is 25.5 Å². The summed E-state index contributed by atoms with van der Waals surface area (Å²) in [4.78, 5) is 18.5. The van der Waals surface area contributed by atoms with Crippen LogP contribution in [0.3, 0.4) is 0 Å². The minimum absolute atomic E-state index is 0.168. The molecule has 11 nitrogen and oxygen atoms in total. The number of anilines is 1. The van der Waals surface area contributed by atoms with Gasteiger partial charge in [0.1, 0.15) is 22.8 Å². The molecule has 41 heavy (non-hydrogen) atoms. The summed E-state index contributed by atoms with van der Waals surface area (Å²) < 4.78 is 7.61. The van der Waals surface area contributed by atoms with E-state index in [0.29, 0.717) is 62.9 Å². The third-order valence-corrected chi connectivity index (χ3v) is 6.77. The first-order chi connectivity index (χ1) is 19.6. The zero-order valence-corrected chi connectivity index (χ0v) is 23.3. The van der Waals surface area contributed by atoms with E-state index in [0.717, 1.165) is 10.9 Å². The highest BCUT2D eigenvalue weighted by Gasteiger charge is 2.21. The van der Waals surface area contributed by atoms with Crippen LogP contribution >= 0.6 is 11.6 Å². The van der Waals surface area contributed by atoms with Crippen LogP contribution in [0.5, 0.6) is 0 Å². The lowest BCUT2D eigenvalue weighted by Crippen LogP contribution is -2.18. The molecule has 0 fully saturated rings. The van der Waals surface area contributed by atoms with Crippen LogP contribution < -0.4 is 5.73 Å². The van der Waals surface area contributed by atoms with Gasteiger partial charge in [0.25, 0.3) is 0 Å². The summed E-state index contributed by atoms with van der Waals surface area (Å²) in [5, 5.41) is 24.5. The first-order valence-electron chi connectivity index (χ1n) is 12.8. The van der Waals surface area contributed by atoms with Crippen molar-refractivity contribution in [1.82, 2.24) is 39.9 Å². The fraction of sp³-hybridized carbons (Fsp3) is 0.207. The molecule has 0 unspecified atom stereocenters. The van der Waals surface area contributed by atoms with Crippen molar-refractivity contribution in [2.45, 2.75) is 32.3 Å². The molecular formula is C29H26ClN9O2. The lowest BCUT2D eigenvalue weighted by Gasteiger charge is -2.16. The maximum absolute atomic E-state index is 10.3. The average molecular weight is 568 g/mol. The molecule has 0 bridgehead atoms. The van der Waals surface area contributed by atoms with Gasteiger partial charge in [-0.1, -0.05) is 23.7 Å². The molecule has 6 aromatic rings. The Balaban J connectivity index is 1.36. The highest BCUT2D eigenvalue weighted by molar-refractivity contribution is 6.35. The van der Waals surface area contributed by atoms with E-state index < -0.39 is 5.60 Å². The highest BCUT2D eigenvalue weighted by Crippen LogP contribution is 2.34. The quantitative estimate of drug-likeness (QED) is 0.281. The Morgan fingerprint density at radius 1 is 0.976 bits per heavy atom. The summed E-state index contributed by atoms with van der Waals surface area (Å²) in [5.74, 6) is 0.935. The molecule has 0 spiro atoms. The number of hydrogen-bond acceptors (Lipinski definition) is 10. The minimum atomic E-state index is -1.06. The number of nitrogens with two attached hydrogens (primary N) is 1. The molecule has 0 aliphatic carbocycles. The number of aryl methyl sites for hydroxylation is 1. The molecule has 206 valence electrons. The largest absolute Gasteiger partial charge is 0.424 e. The zero-order chi connectivity index (χ0) is 28.7. The summed E-state index contributed by atoms with van der Waals surface area (Å²) in [7, 11) is 1.83. The normalized spacial score (nSPS) is 11.8. The first kappa shape index (κ1) is 26.5. The van der Waals surface area contributed by atoms with Gasteiger partial charge < -0.3 is 15.3 Å². The minimum Gasteiger partial charge on any atom is -0.424 e. The SMILES string of the molecule is Cn1ccc(-c2nc(N)c(Cc3nnc(Cc4cccc(C(C)(C)O)n4)o3)nc2-c2cc(Cl)c3ncccc3c2)n1. The number of halogens is 1. The second-order valence-corrected chi connectivity index (χ2v) is 10.6. The van der Waals surface area contributed by atoms with Gasteiger partial charge in [-0.15, -0.1) is 10.2 Å². The number of rotatable bonds is 7. The molecule has 0 aliphatic rings. The van der Waals surface area contributed by atoms with Gasteiger partial charge in [-0.25, -0.2) is 9.97 Å². The second kappa shape index (κ2) is 10.3. The number of benzene rings is 1. The maximum Gasteiger partial charge on any atom is 0.222 e. The van der Waals surface area contributed by atoms with Crippen molar-refractivity contribution in [1.29, 1.82) is 0 Å². The Labute approximate surface area is 240 Å². The zero-order valence-electron chi connectivity index (χ0n) is 22.6. The summed E-state index contributed by atoms with van der Waals surface area (Å²) >= 11 is 6.61. The van der Waals surface area contributed by atoms with Crippen LogP contribution in [0.2, 0.25) is 5.02 Å². The van der Waals surface area contributed by atoms with Gasteiger partial charge in [-0.3, -0.25) is 14.6 Å². The molecule has 0 amide bonds. The van der Waals surface area contributed by atoms with Crippen molar-refractivity contribution in [3.8, 4) is 22.6 Å². The molecule has 1 aromatic carbocycles. The molecule has 0 radical (unpaired) electrons. The van der Waals surface area contributed by atoms with Crippen LogP contribution in [-0.4, -0.2) is 45.0 Å². The Morgan fingerprint density at radius 2 is 1.78 bits per heavy atom. The van der Waals surface area contributed by atoms with Crippen LogP contribution in [0.4, 0.5) is 5.82 Å². The van der Waals surface area contributed by atoms with E-state index in [9.17, 15) is 5.11 Å². The van der Waals surface area contributed by atoms with E-state index in [1.807, 2.05) is 55.7 Å². The molecule has 3 N–H and O–H groups in total. The summed E-state index contributed by atoms with van der Waals surface area (Å²) in [6.45, 7) is 3.37. The van der Waals surface area contributed by atoms with Crippen LogP contribution in [0, 0.1) is 0 Å². The topological polar surface area (TPSA) is 155 Å². The summed E-state index contributed by atoms with van der Waals surface area (Å²) in [6, 6.07) is 14.9. The molecule has 0 aliphatic heterocycles. The van der Waals surface area contributed by atoms with Gasteiger partial charge >= 0.3 is 0 Å². The predicted octanol–water partition coefficient (Wildman–Crippen LogP) is 4.51. The third-order valence-electron chi connectivity index (χ3n) is 6.48. The van der Waals surface area contributed by atoms with Crippen LogP contribution in [0.15, 0.2) is 65.3 Å². The van der Waals surface area contributed by atoms with Crippen LogP contribution in [0.1, 0.15) is 42.7 Å². The molecule has 5 heterocycles. The Morgan fingerprint density at radius 3 is 2.54 bits per heavy atom. The fourth-order valence-electron chi connectivity index (χ4n) is 4.47. The van der Waals surface area contributed by atoms with E-state index in [1.165, 1.54) is 0 Å². The molecule has 0 atom stereocenters. The highest BCUT2D eigenvalue weighted by atomic mass is 35.5. The second-order valence-electron chi connectivity index (χ2n) is 10.2. The lowest BCUT2D eigenvalue weighted by molar-refractivity contribution is 0.0736. The number of fused-ring (bicyclic) bond motifs is 1. The van der Waals surface area contributed by atoms with Crippen LogP contribution in [0.25, 0.3) is 33.5 Å². The van der Waals surface area contributed by atoms with Gasteiger partial charge in [0.2, 0.25) is 11.8 Å². The molecule has 5 aromatic heterocycles. The first-order valence-corrected chi connectivity index (χ1v) is 13.2. The number of nitrogens with zero attached hydrogens (tertiary/aromatic N) is 8. The lowest BCUT2D eigenvalue weighted by atomic mass is 10.0. The molecular weight excluding hydrogens is 542 g/mol. The smallest absolute Gasteiger partial charge is 0.222 e. The van der Waals surface area contributed by atoms with Gasteiger partial charge in [0.15, 0.2) is 0 Å². The van der Waals surface area contributed by atoms with E-state index >= 15 is 0 Å². The molecule has 6 rings (SSSR count). The van der Waals surface area contributed by atoms with E-state index in [1.54, 1.807) is 30.8 Å². The fourth-order valence-corrected chi connectivity index (χ4v) is 4.74. The van der Waals surface area contributed by atoms with Gasteiger partial charge in [0.05, 0.1) is 46.2 Å². The van der Waals surface area contributed by atoms with Crippen molar-refractivity contribution in [3.63, 3.8) is 0 Å². The maximum atomic E-state index is 10.3. The van der Waals surface area contributed by atoms with Crippen molar-refractivity contribution in [2.75, 3.05) is 5.73 Å². The average Bonchev–Trinajstić information content (AvgIpc) is 3.57. The van der Waals surface area contributed by atoms with Crippen molar-refractivity contribution in [3.05, 3.63) is 94.8 Å². The number of aromatic nitrogens is 8. The number of aliphatic hydroxyl groups is 1. The van der Waals surface area contributed by atoms with Crippen molar-refractivity contribution in [2.24, 2.45) is 7.05 Å². The molecule has 0 saturated heterocycles. The van der Waals surface area contributed by atoms with Gasteiger partial charge in [-0.2, -0.15) is 5.10 Å². The molecule has 0 saturated carbocycles. The summed E-state index contributed by atoms with van der Waals surface area (Å²) in [6.07, 6.45) is 4.01. The Kier molecular flexibility index (Phi) is 6.68. The van der Waals surface area contributed by atoms with Gasteiger partial charge in [0, 0.05) is 30.4 Å². The number of nitrogen functional groups attached to an aromatic ring is 1. The summed E-state index contributed by atoms with van der Waals surface area (Å²) in [5.41, 5.74) is 10.2. The van der Waals surface area contributed by atoms with E-state index in [4.69, 9.17) is 31.7 Å². The Bertz CT molecular complexity index is 1890. The number of hydrogen-bond donors (Lipinski definition) is 2. The standard InChI is InChI=1S/C29H26ClN9O2/c1-29(2,40)22-8-4-7-18(33-22)14-23-36-37-24(41-23)15-21-28(31)35-27(20-9-11-39(3)38-20)26(34-21)17-12-16-6-5-10-32-25(16)19(30)13-17/h4-13,40H,14-15H2,1-3H3,(H2,31,35). The third kappa shape index (κ3) is 5.49. The number of pyridine rings is 2. The monoisotopic (exact) mass is 567 g/mol. The predicted molar refractivity (Wildman–Crippen MR) is 154 cm³/mol. The van der Waals surface area contributed by atoms with Crippen molar-refractivity contribution < 1.29 is 9.52 Å². The Hall–Kier alpha value is -4.74. The van der Waals surface area contributed by atoms with E-state index in [-0.39, 0.29) is 12.2 Å². The molecule has 12 heteroatoms. The van der Waals surface area contributed by atoms with E-state index in [2.05, 4.69) is 25.3 Å². The van der Waals surface area contributed by atoms with Crippen molar-refractivity contribution >= 4 is 28.3 Å².